The lowest BCUT2D eigenvalue weighted by molar-refractivity contribution is -0.139. The summed E-state index contributed by atoms with van der Waals surface area (Å²) >= 11 is 0. The molecule has 0 aromatic heterocycles. The van der Waals surface area contributed by atoms with Crippen LogP contribution < -0.4 is 14.5 Å². The fourth-order valence-electron chi connectivity index (χ4n) is 6.07. The van der Waals surface area contributed by atoms with Gasteiger partial charge in [-0.05, 0) is 48.8 Å². The van der Waals surface area contributed by atoms with Gasteiger partial charge < -0.3 is 9.64 Å². The molecule has 7 heteroatoms. The van der Waals surface area contributed by atoms with Gasteiger partial charge in [0, 0.05) is 24.4 Å². The molecule has 0 N–H and O–H groups in total. The summed E-state index contributed by atoms with van der Waals surface area (Å²) in [6, 6.07) is 20.2. The van der Waals surface area contributed by atoms with Gasteiger partial charge >= 0.3 is 5.97 Å². The Labute approximate surface area is 215 Å². The Balaban J connectivity index is 1.18. The van der Waals surface area contributed by atoms with E-state index in [2.05, 4.69) is 6.92 Å². The van der Waals surface area contributed by atoms with E-state index in [0.717, 1.165) is 35.7 Å². The highest BCUT2D eigenvalue weighted by Crippen LogP contribution is 2.42. The molecule has 1 saturated carbocycles. The monoisotopic (exact) mass is 496 g/mol. The van der Waals surface area contributed by atoms with Gasteiger partial charge in [0.15, 0.2) is 0 Å². The van der Waals surface area contributed by atoms with Gasteiger partial charge in [0.25, 0.3) is 0 Å². The summed E-state index contributed by atoms with van der Waals surface area (Å²) in [7, 11) is 0. The lowest BCUT2D eigenvalue weighted by atomic mass is 9.76. The first kappa shape index (κ1) is 23.4. The molecule has 3 aromatic carbocycles. The molecule has 3 fully saturated rings. The normalized spacial score (nSPS) is 25.6. The highest BCUT2D eigenvalue weighted by Gasteiger charge is 2.50. The molecule has 2 heterocycles. The van der Waals surface area contributed by atoms with Crippen molar-refractivity contribution >= 4 is 45.8 Å². The summed E-state index contributed by atoms with van der Waals surface area (Å²) in [4.78, 5) is 55.0. The Morgan fingerprint density at radius 2 is 1.65 bits per heavy atom. The van der Waals surface area contributed by atoms with Crippen molar-refractivity contribution in [1.29, 1.82) is 0 Å². The van der Waals surface area contributed by atoms with Crippen molar-refractivity contribution in [3.8, 4) is 5.75 Å². The number of anilines is 2. The third kappa shape index (κ3) is 4.08. The maximum Gasteiger partial charge on any atom is 0.316 e. The summed E-state index contributed by atoms with van der Waals surface area (Å²) in [6.07, 6.45) is 2.46. The number of ether oxygens (including phenoxy) is 1. The molecular formula is C30H28N2O5. The van der Waals surface area contributed by atoms with Gasteiger partial charge in [-0.2, -0.15) is 0 Å². The number of carbonyl (C=O) groups excluding carboxylic acids is 4. The third-order valence-corrected chi connectivity index (χ3v) is 8.00. The number of nitrogens with zero attached hydrogens (tertiary/aromatic N) is 2. The number of carbonyl (C=O) groups is 4. The number of imide groups is 1. The second-order valence-corrected chi connectivity index (χ2v) is 10.5. The summed E-state index contributed by atoms with van der Waals surface area (Å²) in [5.74, 6) is -1.45. The molecule has 4 atom stereocenters. The van der Waals surface area contributed by atoms with Crippen LogP contribution in [0.2, 0.25) is 0 Å². The molecule has 3 aliphatic rings. The van der Waals surface area contributed by atoms with Crippen LogP contribution in [0.3, 0.4) is 0 Å². The van der Waals surface area contributed by atoms with Crippen LogP contribution in [0.1, 0.15) is 32.6 Å². The minimum absolute atomic E-state index is 0.0619. The number of fused-ring (bicyclic) bond motifs is 2. The molecule has 3 aromatic rings. The summed E-state index contributed by atoms with van der Waals surface area (Å²) in [6.45, 7) is 2.35. The largest absolute Gasteiger partial charge is 0.426 e. The van der Waals surface area contributed by atoms with Gasteiger partial charge in [-0.25, -0.2) is 4.90 Å². The Hall–Kier alpha value is -4.00. The molecular weight excluding hydrogens is 468 g/mol. The van der Waals surface area contributed by atoms with Crippen LogP contribution in [0.15, 0.2) is 66.7 Å². The van der Waals surface area contributed by atoms with Crippen LogP contribution in [0, 0.1) is 23.7 Å². The Morgan fingerprint density at radius 3 is 2.51 bits per heavy atom. The third-order valence-electron chi connectivity index (χ3n) is 8.00. The average Bonchev–Trinajstić information content (AvgIpc) is 3.40. The van der Waals surface area contributed by atoms with Crippen LogP contribution >= 0.6 is 0 Å². The van der Waals surface area contributed by atoms with E-state index in [1.165, 1.54) is 4.90 Å². The summed E-state index contributed by atoms with van der Waals surface area (Å²) in [5, 5.41) is 1.98. The van der Waals surface area contributed by atoms with Crippen LogP contribution in [-0.2, 0) is 19.2 Å². The zero-order chi connectivity index (χ0) is 25.7. The second kappa shape index (κ2) is 9.14. The number of esters is 1. The van der Waals surface area contributed by atoms with E-state index in [1.807, 2.05) is 42.5 Å². The van der Waals surface area contributed by atoms with E-state index in [4.69, 9.17) is 4.74 Å². The SMILES string of the molecule is C[C@@H]1CC[C@@H]2C(=O)N(c3cccc(OC(=O)[C@@H]4CC(=O)N(c5cccc6ccccc56)C4)c3)C(=O)[C@@H]2C1. The second-order valence-electron chi connectivity index (χ2n) is 10.5. The minimum atomic E-state index is -0.616. The molecule has 0 spiro atoms. The van der Waals surface area contributed by atoms with Crippen molar-refractivity contribution in [3.05, 3.63) is 66.7 Å². The minimum Gasteiger partial charge on any atom is -0.426 e. The topological polar surface area (TPSA) is 84.0 Å². The molecule has 1 aliphatic carbocycles. The molecule has 0 radical (unpaired) electrons. The Morgan fingerprint density at radius 1 is 0.892 bits per heavy atom. The first-order valence-electron chi connectivity index (χ1n) is 12.9. The molecule has 0 bridgehead atoms. The predicted molar refractivity (Wildman–Crippen MR) is 139 cm³/mol. The average molecular weight is 497 g/mol. The standard InChI is InChI=1S/C30H28N2O5/c1-18-12-13-24-25(14-18)29(35)32(28(24)34)21-8-5-9-22(16-21)37-30(36)20-15-27(33)31(17-20)26-11-4-7-19-6-2-3-10-23(19)26/h2-11,16,18,20,24-25H,12-15,17H2,1H3/t18-,20-,24+,25-/m1/s1. The number of rotatable bonds is 4. The molecule has 188 valence electrons. The number of benzene rings is 3. The van der Waals surface area contributed by atoms with E-state index in [0.29, 0.717) is 11.6 Å². The van der Waals surface area contributed by atoms with Crippen molar-refractivity contribution < 1.29 is 23.9 Å². The van der Waals surface area contributed by atoms with Gasteiger partial charge in [-0.3, -0.25) is 19.2 Å². The van der Waals surface area contributed by atoms with Gasteiger partial charge in [-0.1, -0.05) is 49.4 Å². The molecule has 3 amide bonds. The fourth-order valence-corrected chi connectivity index (χ4v) is 6.07. The number of amides is 3. The lowest BCUT2D eigenvalue weighted by Crippen LogP contribution is -2.31. The zero-order valence-electron chi connectivity index (χ0n) is 20.6. The van der Waals surface area contributed by atoms with Crippen molar-refractivity contribution in [2.75, 3.05) is 16.3 Å². The maximum absolute atomic E-state index is 13.1. The van der Waals surface area contributed by atoms with E-state index in [-0.39, 0.29) is 48.3 Å². The Kier molecular flexibility index (Phi) is 5.78. The van der Waals surface area contributed by atoms with E-state index in [1.54, 1.807) is 29.2 Å². The smallest absolute Gasteiger partial charge is 0.316 e. The number of hydrogen-bond donors (Lipinski definition) is 0. The van der Waals surface area contributed by atoms with Crippen LogP contribution in [0.5, 0.6) is 5.75 Å². The fraction of sp³-hybridized carbons (Fsp3) is 0.333. The van der Waals surface area contributed by atoms with Crippen molar-refractivity contribution in [3.63, 3.8) is 0 Å². The van der Waals surface area contributed by atoms with E-state index >= 15 is 0 Å². The maximum atomic E-state index is 13.1. The lowest BCUT2D eigenvalue weighted by Gasteiger charge is -2.25. The van der Waals surface area contributed by atoms with E-state index in [9.17, 15) is 19.2 Å². The summed E-state index contributed by atoms with van der Waals surface area (Å²) in [5.41, 5.74) is 1.20. The van der Waals surface area contributed by atoms with Crippen LogP contribution in [0.4, 0.5) is 11.4 Å². The van der Waals surface area contributed by atoms with Crippen LogP contribution in [-0.4, -0.2) is 30.2 Å². The van der Waals surface area contributed by atoms with Crippen molar-refractivity contribution in [1.82, 2.24) is 0 Å². The highest BCUT2D eigenvalue weighted by atomic mass is 16.5. The number of hydrogen-bond acceptors (Lipinski definition) is 5. The predicted octanol–water partition coefficient (Wildman–Crippen LogP) is 4.72. The first-order chi connectivity index (χ1) is 17.9. The molecule has 2 saturated heterocycles. The quantitative estimate of drug-likeness (QED) is 0.296. The van der Waals surface area contributed by atoms with Gasteiger partial charge in [0.05, 0.1) is 29.1 Å². The Bertz CT molecular complexity index is 1430. The summed E-state index contributed by atoms with van der Waals surface area (Å²) < 4.78 is 5.66. The molecule has 7 nitrogen and oxygen atoms in total. The van der Waals surface area contributed by atoms with E-state index < -0.39 is 11.9 Å². The molecule has 37 heavy (non-hydrogen) atoms. The van der Waals surface area contributed by atoms with Gasteiger partial charge in [0.1, 0.15) is 5.75 Å². The van der Waals surface area contributed by atoms with Gasteiger partial charge in [0.2, 0.25) is 17.7 Å². The van der Waals surface area contributed by atoms with Gasteiger partial charge in [-0.15, -0.1) is 0 Å². The first-order valence-corrected chi connectivity index (χ1v) is 12.9. The van der Waals surface area contributed by atoms with Crippen molar-refractivity contribution in [2.45, 2.75) is 32.6 Å². The van der Waals surface area contributed by atoms with Crippen molar-refractivity contribution in [2.24, 2.45) is 23.7 Å². The molecule has 0 unspecified atom stereocenters. The molecule has 6 rings (SSSR count). The zero-order valence-corrected chi connectivity index (χ0v) is 20.6. The highest BCUT2D eigenvalue weighted by molar-refractivity contribution is 6.22. The van der Waals surface area contributed by atoms with Crippen LogP contribution in [0.25, 0.3) is 10.8 Å². The molecule has 2 aliphatic heterocycles.